The summed E-state index contributed by atoms with van der Waals surface area (Å²) < 4.78 is 3.51. The first kappa shape index (κ1) is 21.4. The first-order valence-corrected chi connectivity index (χ1v) is 11.6. The number of aldehydes is 1. The molecule has 9 nitrogen and oxygen atoms in total. The van der Waals surface area contributed by atoms with Crippen LogP contribution in [0.25, 0.3) is 11.2 Å². The van der Waals surface area contributed by atoms with E-state index in [0.717, 1.165) is 55.8 Å². The molecule has 0 aromatic carbocycles. The first-order chi connectivity index (χ1) is 16.0. The number of nitrogens with zero attached hydrogens (tertiary/aromatic N) is 5. The maximum atomic E-state index is 13.2. The van der Waals surface area contributed by atoms with Crippen LogP contribution >= 0.6 is 0 Å². The Hall–Kier alpha value is -3.49. The summed E-state index contributed by atoms with van der Waals surface area (Å²) in [5.41, 5.74) is 2.96. The highest BCUT2D eigenvalue weighted by molar-refractivity contribution is 6.09. The van der Waals surface area contributed by atoms with Gasteiger partial charge in [0.05, 0.1) is 17.9 Å². The predicted octanol–water partition coefficient (Wildman–Crippen LogP) is 3.96. The molecule has 9 heteroatoms. The van der Waals surface area contributed by atoms with E-state index in [0.29, 0.717) is 22.6 Å². The highest BCUT2D eigenvalue weighted by Gasteiger charge is 2.25. The number of carbonyl (C=O) groups is 2. The van der Waals surface area contributed by atoms with Crippen molar-refractivity contribution in [3.8, 4) is 0 Å². The molecule has 0 spiro atoms. The van der Waals surface area contributed by atoms with Crippen molar-refractivity contribution in [3.05, 3.63) is 42.5 Å². The van der Waals surface area contributed by atoms with Gasteiger partial charge in [-0.25, -0.2) is 9.50 Å². The Balaban J connectivity index is 1.36. The van der Waals surface area contributed by atoms with Crippen LogP contribution in [0.2, 0.25) is 0 Å². The second kappa shape index (κ2) is 8.80. The summed E-state index contributed by atoms with van der Waals surface area (Å²) in [5, 5.41) is 15.3. The van der Waals surface area contributed by atoms with Crippen molar-refractivity contribution in [1.29, 1.82) is 0 Å². The second-order valence-corrected chi connectivity index (χ2v) is 9.27. The molecule has 0 unspecified atom stereocenters. The lowest BCUT2D eigenvalue weighted by atomic mass is 9.87. The van der Waals surface area contributed by atoms with E-state index >= 15 is 0 Å². The van der Waals surface area contributed by atoms with E-state index in [-0.39, 0.29) is 17.9 Å². The van der Waals surface area contributed by atoms with E-state index in [1.54, 1.807) is 10.7 Å². The fourth-order valence-electron chi connectivity index (χ4n) is 4.38. The quantitative estimate of drug-likeness (QED) is 0.506. The van der Waals surface area contributed by atoms with Gasteiger partial charge in [-0.1, -0.05) is 6.58 Å². The van der Waals surface area contributed by atoms with E-state index in [2.05, 4.69) is 27.3 Å². The minimum Gasteiger partial charge on any atom is -0.370 e. The molecule has 5 rings (SSSR count). The molecule has 0 bridgehead atoms. The molecular formula is C24H29N7O2. The summed E-state index contributed by atoms with van der Waals surface area (Å²) in [7, 11) is 0. The number of carbonyl (C=O) groups excluding carboxylic acids is 2. The van der Waals surface area contributed by atoms with Crippen LogP contribution in [0.1, 0.15) is 67.5 Å². The van der Waals surface area contributed by atoms with Crippen LogP contribution in [-0.2, 0) is 4.79 Å². The SMILES string of the molecule is C=C(C)c1nn(C2CCC(C=O)CC2)cc1NC(=O)c1cnn2ccc(NCC3CC3)nc12. The number of fused-ring (bicyclic) bond motifs is 1. The van der Waals surface area contributed by atoms with Gasteiger partial charge in [0.1, 0.15) is 23.4 Å². The molecule has 2 N–H and O–H groups in total. The Morgan fingerprint density at radius 2 is 2.03 bits per heavy atom. The Morgan fingerprint density at radius 3 is 2.73 bits per heavy atom. The maximum Gasteiger partial charge on any atom is 0.261 e. The Bertz CT molecular complexity index is 1200. The molecule has 3 heterocycles. The number of amides is 1. The van der Waals surface area contributed by atoms with E-state index in [1.807, 2.05) is 23.9 Å². The van der Waals surface area contributed by atoms with E-state index < -0.39 is 0 Å². The number of nitrogens with one attached hydrogen (secondary N) is 2. The highest BCUT2D eigenvalue weighted by Crippen LogP contribution is 2.33. The molecule has 2 aliphatic rings. The van der Waals surface area contributed by atoms with Crippen molar-refractivity contribution in [1.82, 2.24) is 24.4 Å². The molecule has 2 aliphatic carbocycles. The van der Waals surface area contributed by atoms with E-state index in [1.165, 1.54) is 19.0 Å². The standard InChI is InChI=1S/C24H29N7O2/c1-15(2)22-20(13-31(29-22)18-7-5-17(14-32)6-8-18)27-24(33)19-12-26-30-10-9-21(28-23(19)30)25-11-16-3-4-16/h9-10,12-14,16-18H,1,3-8,11H2,2H3,(H,25,28)(H,27,33). The summed E-state index contributed by atoms with van der Waals surface area (Å²) in [5.74, 6) is 1.32. The molecule has 0 aliphatic heterocycles. The molecule has 172 valence electrons. The molecule has 0 radical (unpaired) electrons. The van der Waals surface area contributed by atoms with Crippen molar-refractivity contribution < 1.29 is 9.59 Å². The van der Waals surface area contributed by atoms with Crippen molar-refractivity contribution >= 4 is 34.9 Å². The largest absolute Gasteiger partial charge is 0.370 e. The van der Waals surface area contributed by atoms with E-state index in [9.17, 15) is 9.59 Å². The van der Waals surface area contributed by atoms with Gasteiger partial charge >= 0.3 is 0 Å². The summed E-state index contributed by atoms with van der Waals surface area (Å²) in [6.45, 7) is 6.80. The number of allylic oxidation sites excluding steroid dienone is 1. The molecule has 33 heavy (non-hydrogen) atoms. The lowest BCUT2D eigenvalue weighted by Crippen LogP contribution is -2.19. The van der Waals surface area contributed by atoms with Gasteiger partial charge in [-0.2, -0.15) is 10.2 Å². The van der Waals surface area contributed by atoms with Gasteiger partial charge in [0.2, 0.25) is 0 Å². The number of hydrogen-bond donors (Lipinski definition) is 2. The second-order valence-electron chi connectivity index (χ2n) is 9.27. The van der Waals surface area contributed by atoms with Crippen molar-refractivity contribution in [2.75, 3.05) is 17.2 Å². The zero-order chi connectivity index (χ0) is 22.9. The molecule has 2 saturated carbocycles. The van der Waals surface area contributed by atoms with Gasteiger partial charge in [0, 0.05) is 24.9 Å². The Kier molecular flexibility index (Phi) is 5.70. The normalized spacial score (nSPS) is 20.5. The van der Waals surface area contributed by atoms with Crippen LogP contribution in [-0.4, -0.2) is 43.1 Å². The van der Waals surface area contributed by atoms with Crippen molar-refractivity contribution in [2.45, 2.75) is 51.5 Å². The maximum absolute atomic E-state index is 13.2. The van der Waals surface area contributed by atoms with Gasteiger partial charge < -0.3 is 15.4 Å². The molecule has 0 atom stereocenters. The lowest BCUT2D eigenvalue weighted by Gasteiger charge is -2.25. The monoisotopic (exact) mass is 447 g/mol. The summed E-state index contributed by atoms with van der Waals surface area (Å²) in [4.78, 5) is 28.9. The van der Waals surface area contributed by atoms with Gasteiger partial charge in [-0.15, -0.1) is 0 Å². The molecule has 2 fully saturated rings. The average Bonchev–Trinajstić information content (AvgIpc) is 3.41. The number of rotatable bonds is 8. The summed E-state index contributed by atoms with van der Waals surface area (Å²) in [6.07, 6.45) is 12.3. The molecule has 1 amide bonds. The van der Waals surface area contributed by atoms with Gasteiger partial charge in [-0.05, 0) is 63.0 Å². The molecule has 3 aromatic rings. The molecule has 0 saturated heterocycles. The fourth-order valence-corrected chi connectivity index (χ4v) is 4.38. The average molecular weight is 448 g/mol. The van der Waals surface area contributed by atoms with Crippen LogP contribution in [0.5, 0.6) is 0 Å². The van der Waals surface area contributed by atoms with Crippen LogP contribution < -0.4 is 10.6 Å². The number of aromatic nitrogens is 5. The van der Waals surface area contributed by atoms with Crippen LogP contribution in [0.3, 0.4) is 0 Å². The highest BCUT2D eigenvalue weighted by atomic mass is 16.1. The molecular weight excluding hydrogens is 418 g/mol. The van der Waals surface area contributed by atoms with E-state index in [4.69, 9.17) is 5.10 Å². The van der Waals surface area contributed by atoms with Gasteiger partial charge in [0.25, 0.3) is 5.91 Å². The third-order valence-electron chi connectivity index (χ3n) is 6.57. The minimum absolute atomic E-state index is 0.142. The van der Waals surface area contributed by atoms with Crippen LogP contribution in [0.4, 0.5) is 11.5 Å². The third kappa shape index (κ3) is 4.53. The molecule has 3 aromatic heterocycles. The minimum atomic E-state index is -0.288. The summed E-state index contributed by atoms with van der Waals surface area (Å²) >= 11 is 0. The first-order valence-electron chi connectivity index (χ1n) is 11.6. The lowest BCUT2D eigenvalue weighted by molar-refractivity contribution is -0.112. The fraction of sp³-hybridized carbons (Fsp3) is 0.458. The van der Waals surface area contributed by atoms with Crippen LogP contribution in [0, 0.1) is 11.8 Å². The number of anilines is 2. The van der Waals surface area contributed by atoms with Crippen molar-refractivity contribution in [3.63, 3.8) is 0 Å². The van der Waals surface area contributed by atoms with Gasteiger partial charge in [0.15, 0.2) is 5.65 Å². The number of hydrogen-bond acceptors (Lipinski definition) is 6. The van der Waals surface area contributed by atoms with Gasteiger partial charge in [-0.3, -0.25) is 9.48 Å². The zero-order valence-electron chi connectivity index (χ0n) is 18.8. The zero-order valence-corrected chi connectivity index (χ0v) is 18.8. The van der Waals surface area contributed by atoms with Crippen molar-refractivity contribution in [2.24, 2.45) is 11.8 Å². The predicted molar refractivity (Wildman–Crippen MR) is 126 cm³/mol. The Morgan fingerprint density at radius 1 is 1.24 bits per heavy atom. The Labute approximate surface area is 192 Å². The topological polar surface area (TPSA) is 106 Å². The third-order valence-corrected chi connectivity index (χ3v) is 6.57. The smallest absolute Gasteiger partial charge is 0.261 e. The summed E-state index contributed by atoms with van der Waals surface area (Å²) in [6, 6.07) is 2.08. The van der Waals surface area contributed by atoms with Crippen LogP contribution in [0.15, 0.2) is 31.2 Å².